The highest BCUT2D eigenvalue weighted by molar-refractivity contribution is 6.04. The van der Waals surface area contributed by atoms with Crippen LogP contribution in [-0.2, 0) is 6.42 Å². The highest BCUT2D eigenvalue weighted by Crippen LogP contribution is 2.23. The van der Waals surface area contributed by atoms with Crippen LogP contribution in [0.2, 0.25) is 0 Å². The number of rotatable bonds is 5. The van der Waals surface area contributed by atoms with E-state index in [2.05, 4.69) is 20.6 Å². The monoisotopic (exact) mass is 382 g/mol. The van der Waals surface area contributed by atoms with E-state index in [4.69, 9.17) is 0 Å². The Morgan fingerprint density at radius 2 is 1.86 bits per heavy atom. The number of anilines is 3. The minimum Gasteiger partial charge on any atom is -0.322 e. The third-order valence-electron chi connectivity index (χ3n) is 4.24. The lowest BCUT2D eigenvalue weighted by Crippen LogP contribution is -2.17. The number of para-hydroxylation sites is 1. The van der Waals surface area contributed by atoms with E-state index in [0.717, 1.165) is 35.4 Å². The molecule has 0 fully saturated rings. The van der Waals surface area contributed by atoms with E-state index in [1.54, 1.807) is 13.0 Å². The number of nitrogens with one attached hydrogen (secondary N) is 2. The number of nitrogens with zero attached hydrogens (tertiary/aromatic N) is 2. The lowest BCUT2D eigenvalue weighted by molar-refractivity contribution is 0.102. The molecule has 0 bridgehead atoms. The lowest BCUT2D eigenvalue weighted by atomic mass is 10.1. The van der Waals surface area contributed by atoms with Crippen molar-refractivity contribution in [3.05, 3.63) is 76.6 Å². The Bertz CT molecular complexity index is 1040. The molecule has 3 rings (SSSR count). The second kappa shape index (κ2) is 8.12. The van der Waals surface area contributed by atoms with Gasteiger partial charge in [0.2, 0.25) is 5.95 Å². The van der Waals surface area contributed by atoms with Gasteiger partial charge in [0.15, 0.2) is 0 Å². The second-order valence-electron chi connectivity index (χ2n) is 6.38. The van der Waals surface area contributed by atoms with Crippen molar-refractivity contribution in [3.63, 3.8) is 0 Å². The molecule has 0 saturated heterocycles. The first-order valence-corrected chi connectivity index (χ1v) is 8.85. The molecule has 1 aromatic heterocycles. The fourth-order valence-corrected chi connectivity index (χ4v) is 2.83. The highest BCUT2D eigenvalue weighted by Gasteiger charge is 2.15. The molecule has 2 N–H and O–H groups in total. The molecule has 1 heterocycles. The predicted octanol–water partition coefficient (Wildman–Crippen LogP) is 4.93. The molecule has 1 amide bonds. The number of hydrogen-bond donors (Lipinski definition) is 2. The van der Waals surface area contributed by atoms with Crippen LogP contribution in [0.15, 0.2) is 42.5 Å². The average molecular weight is 382 g/mol. The van der Waals surface area contributed by atoms with E-state index < -0.39 is 17.5 Å². The van der Waals surface area contributed by atoms with Gasteiger partial charge in [-0.1, -0.05) is 25.1 Å². The number of aromatic nitrogens is 2. The number of aryl methyl sites for hydroxylation is 3. The Labute approximate surface area is 161 Å². The minimum absolute atomic E-state index is 0.0190. The fraction of sp³-hybridized carbons (Fsp3) is 0.190. The van der Waals surface area contributed by atoms with Crippen LogP contribution in [0.5, 0.6) is 0 Å². The number of carbonyl (C=O) groups is 1. The van der Waals surface area contributed by atoms with Gasteiger partial charge >= 0.3 is 0 Å². The van der Waals surface area contributed by atoms with E-state index in [1.165, 1.54) is 6.07 Å². The van der Waals surface area contributed by atoms with Gasteiger partial charge in [0.25, 0.3) is 5.91 Å². The van der Waals surface area contributed by atoms with Crippen molar-refractivity contribution in [3.8, 4) is 0 Å². The Kier molecular flexibility index (Phi) is 5.63. The Hall–Kier alpha value is -3.35. The van der Waals surface area contributed by atoms with Gasteiger partial charge in [-0.2, -0.15) is 0 Å². The summed E-state index contributed by atoms with van der Waals surface area (Å²) < 4.78 is 26.9. The minimum atomic E-state index is -0.774. The van der Waals surface area contributed by atoms with Gasteiger partial charge in [-0.3, -0.25) is 4.79 Å². The summed E-state index contributed by atoms with van der Waals surface area (Å²) in [5, 5.41) is 5.59. The maximum Gasteiger partial charge on any atom is 0.274 e. The van der Waals surface area contributed by atoms with Crippen LogP contribution >= 0.6 is 0 Å². The van der Waals surface area contributed by atoms with Crippen molar-refractivity contribution in [2.45, 2.75) is 27.2 Å². The number of carbonyl (C=O) groups excluding carboxylic acids is 1. The third-order valence-corrected chi connectivity index (χ3v) is 4.24. The van der Waals surface area contributed by atoms with Crippen LogP contribution in [0.4, 0.5) is 26.1 Å². The molecule has 0 radical (unpaired) electrons. The van der Waals surface area contributed by atoms with Crippen LogP contribution in [0.1, 0.15) is 34.2 Å². The van der Waals surface area contributed by atoms with Crippen LogP contribution in [-0.4, -0.2) is 15.9 Å². The van der Waals surface area contributed by atoms with E-state index in [9.17, 15) is 13.6 Å². The quantitative estimate of drug-likeness (QED) is 0.657. The van der Waals surface area contributed by atoms with Gasteiger partial charge in [-0.05, 0) is 49.6 Å². The molecular weight excluding hydrogens is 362 g/mol. The van der Waals surface area contributed by atoms with Crippen LogP contribution in [0, 0.1) is 25.5 Å². The standard InChI is InChI=1S/C21H20F2N4O/c1-4-14-7-5-6-12(2)19(14)27-20(28)18-10-13(3)24-21(26-18)25-17-9-8-15(22)11-16(17)23/h5-11H,4H2,1-3H3,(H,27,28)(H,24,25,26). The van der Waals surface area contributed by atoms with E-state index >= 15 is 0 Å². The molecule has 2 aromatic carbocycles. The SMILES string of the molecule is CCc1cccc(C)c1NC(=O)c1cc(C)nc(Nc2ccc(F)cc2F)n1. The van der Waals surface area contributed by atoms with Crippen LogP contribution < -0.4 is 10.6 Å². The molecule has 0 saturated carbocycles. The summed E-state index contributed by atoms with van der Waals surface area (Å²) in [6, 6.07) is 10.5. The molecule has 0 aliphatic rings. The molecule has 0 aliphatic heterocycles. The van der Waals surface area contributed by atoms with Crippen LogP contribution in [0.3, 0.4) is 0 Å². The summed E-state index contributed by atoms with van der Waals surface area (Å²) in [7, 11) is 0. The van der Waals surface area contributed by atoms with E-state index in [1.807, 2.05) is 32.0 Å². The number of benzene rings is 2. The maximum absolute atomic E-state index is 13.9. The summed E-state index contributed by atoms with van der Waals surface area (Å²) >= 11 is 0. The number of amides is 1. The average Bonchev–Trinajstić information content (AvgIpc) is 2.65. The summed E-state index contributed by atoms with van der Waals surface area (Å²) in [6.07, 6.45) is 0.775. The van der Waals surface area contributed by atoms with Crippen molar-refractivity contribution in [2.24, 2.45) is 0 Å². The summed E-state index contributed by atoms with van der Waals surface area (Å²) in [5.41, 5.74) is 3.42. The zero-order chi connectivity index (χ0) is 20.3. The molecule has 144 valence electrons. The van der Waals surface area contributed by atoms with Crippen molar-refractivity contribution in [1.29, 1.82) is 0 Å². The molecule has 7 heteroatoms. The van der Waals surface area contributed by atoms with Crippen LogP contribution in [0.25, 0.3) is 0 Å². The molecular formula is C21H20F2N4O. The zero-order valence-electron chi connectivity index (χ0n) is 15.8. The third kappa shape index (κ3) is 4.31. The number of hydrogen-bond acceptors (Lipinski definition) is 4. The van der Waals surface area contributed by atoms with Crippen molar-refractivity contribution in [1.82, 2.24) is 9.97 Å². The van der Waals surface area contributed by atoms with Gasteiger partial charge in [-0.25, -0.2) is 18.7 Å². The molecule has 28 heavy (non-hydrogen) atoms. The van der Waals surface area contributed by atoms with Gasteiger partial charge in [0.1, 0.15) is 17.3 Å². The van der Waals surface area contributed by atoms with Crippen molar-refractivity contribution in [2.75, 3.05) is 10.6 Å². The normalized spacial score (nSPS) is 10.6. The molecule has 0 aliphatic carbocycles. The number of halogens is 2. The van der Waals surface area contributed by atoms with E-state index in [0.29, 0.717) is 5.69 Å². The van der Waals surface area contributed by atoms with Gasteiger partial charge < -0.3 is 10.6 Å². The molecule has 0 atom stereocenters. The molecule has 3 aromatic rings. The zero-order valence-corrected chi connectivity index (χ0v) is 15.8. The largest absolute Gasteiger partial charge is 0.322 e. The van der Waals surface area contributed by atoms with E-state index in [-0.39, 0.29) is 17.3 Å². The summed E-state index contributed by atoms with van der Waals surface area (Å²) in [5.74, 6) is -1.80. The first-order chi connectivity index (χ1) is 13.4. The van der Waals surface area contributed by atoms with Gasteiger partial charge in [0, 0.05) is 17.4 Å². The van der Waals surface area contributed by atoms with Crippen molar-refractivity contribution >= 4 is 23.2 Å². The van der Waals surface area contributed by atoms with Gasteiger partial charge in [0.05, 0.1) is 5.69 Å². The Morgan fingerprint density at radius 3 is 2.57 bits per heavy atom. The fourth-order valence-electron chi connectivity index (χ4n) is 2.83. The molecule has 5 nitrogen and oxygen atoms in total. The second-order valence-corrected chi connectivity index (χ2v) is 6.38. The maximum atomic E-state index is 13.9. The molecule has 0 unspecified atom stereocenters. The predicted molar refractivity (Wildman–Crippen MR) is 105 cm³/mol. The first kappa shape index (κ1) is 19.4. The Morgan fingerprint density at radius 1 is 1.07 bits per heavy atom. The highest BCUT2D eigenvalue weighted by atomic mass is 19.1. The molecule has 0 spiro atoms. The summed E-state index contributed by atoms with van der Waals surface area (Å²) in [6.45, 7) is 5.64. The lowest BCUT2D eigenvalue weighted by Gasteiger charge is -2.13. The summed E-state index contributed by atoms with van der Waals surface area (Å²) in [4.78, 5) is 21.1. The Balaban J connectivity index is 1.88. The first-order valence-electron chi connectivity index (χ1n) is 8.85. The van der Waals surface area contributed by atoms with Crippen molar-refractivity contribution < 1.29 is 13.6 Å². The smallest absolute Gasteiger partial charge is 0.274 e. The van der Waals surface area contributed by atoms with Gasteiger partial charge in [-0.15, -0.1) is 0 Å². The topological polar surface area (TPSA) is 66.9 Å².